The highest BCUT2D eigenvalue weighted by Gasteiger charge is 2.29. The van der Waals surface area contributed by atoms with E-state index in [-0.39, 0.29) is 5.54 Å². The van der Waals surface area contributed by atoms with Gasteiger partial charge < -0.3 is 15.0 Å². The number of morpholine rings is 1. The van der Waals surface area contributed by atoms with Gasteiger partial charge in [-0.1, -0.05) is 30.0 Å². The molecule has 2 aliphatic heterocycles. The Morgan fingerprint density at radius 2 is 2.04 bits per heavy atom. The van der Waals surface area contributed by atoms with Crippen LogP contribution in [-0.2, 0) is 11.2 Å². The summed E-state index contributed by atoms with van der Waals surface area (Å²) in [5, 5.41) is 5.02. The second-order valence-corrected chi connectivity index (χ2v) is 8.59. The van der Waals surface area contributed by atoms with Crippen molar-refractivity contribution in [3.63, 3.8) is 0 Å². The van der Waals surface area contributed by atoms with Crippen molar-refractivity contribution in [3.8, 4) is 11.8 Å². The molecule has 150 valence electrons. The Balaban J connectivity index is 1.29. The number of hydrogen-bond donors (Lipinski definition) is 2. The fourth-order valence-corrected chi connectivity index (χ4v) is 4.24. The van der Waals surface area contributed by atoms with Crippen molar-refractivity contribution in [2.75, 3.05) is 52.5 Å². The predicted molar refractivity (Wildman–Crippen MR) is 114 cm³/mol. The van der Waals surface area contributed by atoms with Crippen LogP contribution >= 0.6 is 0 Å². The molecule has 0 spiro atoms. The largest absolute Gasteiger partial charge is 0.378 e. The number of piperazine rings is 1. The summed E-state index contributed by atoms with van der Waals surface area (Å²) in [5.41, 5.74) is 2.71. The Bertz CT molecular complexity index is 847. The minimum Gasteiger partial charge on any atom is -0.378 e. The van der Waals surface area contributed by atoms with Gasteiger partial charge in [0, 0.05) is 54.9 Å². The van der Waals surface area contributed by atoms with Crippen molar-refractivity contribution in [3.05, 3.63) is 36.0 Å². The van der Waals surface area contributed by atoms with E-state index in [1.54, 1.807) is 0 Å². The summed E-state index contributed by atoms with van der Waals surface area (Å²) in [5.74, 6) is 6.80. The second-order valence-electron chi connectivity index (χ2n) is 8.59. The lowest BCUT2D eigenvalue weighted by atomic mass is 10.0. The standard InChI is InChI=1S/C23H32N4O/c1-23(2)18-28-14-13-27(23)11-6-5-10-26-12-9-24-20(17-26)15-19-16-25-22-8-4-3-7-21(19)22/h3-4,7-8,16,20,24-25H,9-15,17-18H2,1-2H3/t20-/m1/s1. The molecule has 0 saturated carbocycles. The highest BCUT2D eigenvalue weighted by molar-refractivity contribution is 5.83. The van der Waals surface area contributed by atoms with Crippen molar-refractivity contribution < 1.29 is 4.74 Å². The maximum absolute atomic E-state index is 5.59. The lowest BCUT2D eigenvalue weighted by Crippen LogP contribution is -2.53. The Kier molecular flexibility index (Phi) is 6.03. The zero-order chi connectivity index (χ0) is 19.4. The third kappa shape index (κ3) is 4.59. The van der Waals surface area contributed by atoms with Gasteiger partial charge in [0.2, 0.25) is 0 Å². The summed E-state index contributed by atoms with van der Waals surface area (Å²) in [6.07, 6.45) is 3.21. The van der Waals surface area contributed by atoms with Gasteiger partial charge in [-0.05, 0) is 31.9 Å². The van der Waals surface area contributed by atoms with E-state index in [9.17, 15) is 0 Å². The van der Waals surface area contributed by atoms with Gasteiger partial charge >= 0.3 is 0 Å². The minimum atomic E-state index is 0.0897. The molecular weight excluding hydrogens is 348 g/mol. The van der Waals surface area contributed by atoms with Crippen LogP contribution in [-0.4, -0.2) is 78.8 Å². The summed E-state index contributed by atoms with van der Waals surface area (Å²) < 4.78 is 5.59. The zero-order valence-electron chi connectivity index (χ0n) is 17.1. The lowest BCUT2D eigenvalue weighted by Gasteiger charge is -2.41. The van der Waals surface area contributed by atoms with Crippen LogP contribution in [0, 0.1) is 11.8 Å². The summed E-state index contributed by atoms with van der Waals surface area (Å²) in [4.78, 5) is 8.30. The average Bonchev–Trinajstić information content (AvgIpc) is 3.09. The third-order valence-electron chi connectivity index (χ3n) is 6.00. The predicted octanol–water partition coefficient (Wildman–Crippen LogP) is 2.10. The van der Waals surface area contributed by atoms with Crippen LogP contribution in [0.5, 0.6) is 0 Å². The molecule has 0 unspecified atom stereocenters. The molecule has 0 aliphatic carbocycles. The van der Waals surface area contributed by atoms with Crippen LogP contribution in [0.25, 0.3) is 10.9 Å². The van der Waals surface area contributed by atoms with Gasteiger partial charge in [-0.3, -0.25) is 9.80 Å². The van der Waals surface area contributed by atoms with E-state index in [4.69, 9.17) is 4.74 Å². The molecule has 5 heteroatoms. The normalized spacial score (nSPS) is 23.4. The number of nitrogens with one attached hydrogen (secondary N) is 2. The fraction of sp³-hybridized carbons (Fsp3) is 0.565. The summed E-state index contributed by atoms with van der Waals surface area (Å²) in [7, 11) is 0. The number of ether oxygens (including phenoxy) is 1. The van der Waals surface area contributed by atoms with Gasteiger partial charge in [0.15, 0.2) is 0 Å². The zero-order valence-corrected chi connectivity index (χ0v) is 17.1. The molecule has 0 bridgehead atoms. The number of nitrogens with zero attached hydrogens (tertiary/aromatic N) is 2. The first kappa shape index (κ1) is 19.5. The van der Waals surface area contributed by atoms with Crippen LogP contribution < -0.4 is 5.32 Å². The number of aromatic amines is 1. The van der Waals surface area contributed by atoms with Crippen LogP contribution in [0.4, 0.5) is 0 Å². The van der Waals surface area contributed by atoms with E-state index in [0.717, 1.165) is 58.9 Å². The second kappa shape index (κ2) is 8.67. The highest BCUT2D eigenvalue weighted by atomic mass is 16.5. The van der Waals surface area contributed by atoms with Gasteiger partial charge in [-0.25, -0.2) is 0 Å². The molecule has 28 heavy (non-hydrogen) atoms. The Hall–Kier alpha value is -1.84. The number of rotatable bonds is 4. The molecule has 5 nitrogen and oxygen atoms in total. The Morgan fingerprint density at radius 3 is 2.93 bits per heavy atom. The van der Waals surface area contributed by atoms with Gasteiger partial charge in [0.1, 0.15) is 0 Å². The quantitative estimate of drug-likeness (QED) is 0.798. The lowest BCUT2D eigenvalue weighted by molar-refractivity contribution is -0.0440. The monoisotopic (exact) mass is 380 g/mol. The van der Waals surface area contributed by atoms with Crippen LogP contribution in [0.15, 0.2) is 30.5 Å². The molecule has 2 saturated heterocycles. The minimum absolute atomic E-state index is 0.0897. The first-order valence-electron chi connectivity index (χ1n) is 10.4. The van der Waals surface area contributed by atoms with Gasteiger partial charge in [-0.15, -0.1) is 0 Å². The maximum Gasteiger partial charge on any atom is 0.0646 e. The fourth-order valence-electron chi connectivity index (χ4n) is 4.24. The van der Waals surface area contributed by atoms with Gasteiger partial charge in [0.25, 0.3) is 0 Å². The number of H-pyrrole nitrogens is 1. The molecule has 2 aromatic rings. The van der Waals surface area contributed by atoms with Crippen LogP contribution in [0.2, 0.25) is 0 Å². The van der Waals surface area contributed by atoms with Crippen LogP contribution in [0.3, 0.4) is 0 Å². The molecule has 0 radical (unpaired) electrons. The number of fused-ring (bicyclic) bond motifs is 1. The number of para-hydroxylation sites is 1. The van der Waals surface area contributed by atoms with Gasteiger partial charge in [-0.2, -0.15) is 0 Å². The van der Waals surface area contributed by atoms with Crippen molar-refractivity contribution in [1.82, 2.24) is 20.1 Å². The Morgan fingerprint density at radius 1 is 1.18 bits per heavy atom. The van der Waals surface area contributed by atoms with E-state index in [1.165, 1.54) is 16.5 Å². The highest BCUT2D eigenvalue weighted by Crippen LogP contribution is 2.20. The number of benzene rings is 1. The first-order chi connectivity index (χ1) is 13.6. The van der Waals surface area contributed by atoms with E-state index in [2.05, 4.69) is 76.3 Å². The number of aromatic nitrogens is 1. The smallest absolute Gasteiger partial charge is 0.0646 e. The topological polar surface area (TPSA) is 43.5 Å². The van der Waals surface area contributed by atoms with Crippen molar-refractivity contribution in [2.24, 2.45) is 0 Å². The van der Waals surface area contributed by atoms with E-state index >= 15 is 0 Å². The molecule has 3 heterocycles. The van der Waals surface area contributed by atoms with Crippen molar-refractivity contribution in [2.45, 2.75) is 31.8 Å². The van der Waals surface area contributed by atoms with Crippen molar-refractivity contribution >= 4 is 10.9 Å². The maximum atomic E-state index is 5.59. The number of hydrogen-bond acceptors (Lipinski definition) is 4. The molecule has 4 rings (SSSR count). The van der Waals surface area contributed by atoms with Crippen LogP contribution in [0.1, 0.15) is 19.4 Å². The third-order valence-corrected chi connectivity index (χ3v) is 6.00. The first-order valence-corrected chi connectivity index (χ1v) is 10.4. The van der Waals surface area contributed by atoms with E-state index in [1.807, 2.05) is 0 Å². The average molecular weight is 381 g/mol. The Labute approximate surface area is 168 Å². The summed E-state index contributed by atoms with van der Waals surface area (Å²) in [6, 6.07) is 9.03. The van der Waals surface area contributed by atoms with Gasteiger partial charge in [0.05, 0.1) is 26.3 Å². The molecule has 1 aromatic carbocycles. The molecule has 2 N–H and O–H groups in total. The van der Waals surface area contributed by atoms with E-state index < -0.39 is 0 Å². The molecule has 1 atom stereocenters. The SMILES string of the molecule is CC1(C)COCCN1CC#CCN1CCN[C@H](Cc2c[nH]c3ccccc23)C1. The van der Waals surface area contributed by atoms with E-state index in [0.29, 0.717) is 6.04 Å². The molecule has 1 aromatic heterocycles. The molecule has 0 amide bonds. The molecule has 2 aliphatic rings. The summed E-state index contributed by atoms with van der Waals surface area (Å²) in [6.45, 7) is 11.9. The van der Waals surface area contributed by atoms with Crippen molar-refractivity contribution in [1.29, 1.82) is 0 Å². The molecular formula is C23H32N4O. The summed E-state index contributed by atoms with van der Waals surface area (Å²) >= 11 is 0. The molecule has 2 fully saturated rings.